The lowest BCUT2D eigenvalue weighted by Gasteiger charge is -2.41. The second-order valence-electron chi connectivity index (χ2n) is 22.0. The summed E-state index contributed by atoms with van der Waals surface area (Å²) in [6.07, 6.45) is 0.571. The minimum absolute atomic E-state index is 0.00893. The quantitative estimate of drug-likeness (QED) is 0.0848. The number of thiazole rings is 1. The van der Waals surface area contributed by atoms with Crippen LogP contribution in [0.5, 0.6) is 6.01 Å². The van der Waals surface area contributed by atoms with Gasteiger partial charge in [-0.25, -0.2) is 9.78 Å². The van der Waals surface area contributed by atoms with Crippen LogP contribution in [0.3, 0.4) is 0 Å². The molecule has 21 heteroatoms. The monoisotopic (exact) mass is 1080 g/mol. The number of anilines is 2. The molecule has 2 aromatic heterocycles. The fourth-order valence-electron chi connectivity index (χ4n) is 11.2. The number of aliphatic hydroxyl groups is 1. The summed E-state index contributed by atoms with van der Waals surface area (Å²) < 4.78 is 18.5. The maximum atomic E-state index is 14.2. The lowest BCUT2D eigenvalue weighted by molar-refractivity contribution is -0.144. The number of hydrogen-bond donors (Lipinski definition) is 4. The Hall–Kier alpha value is -6.96. The third-order valence-electron chi connectivity index (χ3n) is 15.5. The predicted octanol–water partition coefficient (Wildman–Crippen LogP) is 4.96. The molecule has 4 aliphatic rings. The molecule has 0 unspecified atom stereocenters. The van der Waals surface area contributed by atoms with Gasteiger partial charge in [0.1, 0.15) is 31.1 Å². The van der Waals surface area contributed by atoms with Gasteiger partial charge in [0.05, 0.1) is 78.3 Å². The first kappa shape index (κ1) is 55.8. The average Bonchev–Trinajstić information content (AvgIpc) is 4.18. The number of carbonyl (C=O) groups is 4. The number of β-amino-alcohol motifs (C(OH)–C–C–N with tert-alkyl or cyclic N) is 1. The number of primary amides is 1. The number of nitrogens with one attached hydrogen (secondary N) is 2. The number of amides is 5. The largest absolute Gasteiger partial charge is 0.462 e. The van der Waals surface area contributed by atoms with Crippen LogP contribution in [-0.2, 0) is 36.8 Å². The maximum absolute atomic E-state index is 14.2. The molecule has 3 saturated heterocycles. The van der Waals surface area contributed by atoms with E-state index < -0.39 is 41.4 Å². The zero-order valence-corrected chi connectivity index (χ0v) is 46.2. The first-order chi connectivity index (χ1) is 37.4. The molecule has 414 valence electrons. The SMILES string of the molecule is Cc1ncsc1-c1ccc([C@H](C)NC(=O)[C@@H]2C[C@@H](O)CN2C(=O)[C@@H](NC(=O)COCCO[C@@H]2C[C@@H](COc3nc4c(c(N5CCN(C(N)=O)[C@@H](CC#N)C5)n3)CCN(c3cccc5ccccc35)C4)N(C)C2)C(C)(C)C)cc1. The Morgan fingerprint density at radius 1 is 0.923 bits per heavy atom. The Labute approximate surface area is 459 Å². The first-order valence-corrected chi connectivity index (χ1v) is 27.7. The smallest absolute Gasteiger partial charge is 0.318 e. The van der Waals surface area contributed by atoms with Crippen LogP contribution in [-0.4, -0.2) is 168 Å². The maximum Gasteiger partial charge on any atom is 0.318 e. The highest BCUT2D eigenvalue weighted by Gasteiger charge is 2.45. The average molecular weight is 1090 g/mol. The van der Waals surface area contributed by atoms with Gasteiger partial charge in [0, 0.05) is 68.4 Å². The van der Waals surface area contributed by atoms with Crippen molar-refractivity contribution in [2.24, 2.45) is 11.1 Å². The number of piperazine rings is 1. The molecule has 0 bridgehead atoms. The van der Waals surface area contributed by atoms with Crippen molar-refractivity contribution >= 4 is 57.4 Å². The van der Waals surface area contributed by atoms with Crippen molar-refractivity contribution in [3.63, 3.8) is 0 Å². The van der Waals surface area contributed by atoms with Crippen molar-refractivity contribution in [1.82, 2.24) is 40.3 Å². The van der Waals surface area contributed by atoms with Gasteiger partial charge in [-0.15, -0.1) is 11.3 Å². The molecule has 0 spiro atoms. The number of aromatic nitrogens is 3. The molecule has 5 amide bonds. The van der Waals surface area contributed by atoms with E-state index in [9.17, 15) is 29.5 Å². The number of fused-ring (bicyclic) bond motifs is 2. The van der Waals surface area contributed by atoms with E-state index in [-0.39, 0.29) is 75.4 Å². The number of aryl methyl sites for hydroxylation is 1. The number of nitrogens with zero attached hydrogens (tertiary/aromatic N) is 9. The van der Waals surface area contributed by atoms with Crippen molar-refractivity contribution < 1.29 is 38.5 Å². The first-order valence-electron chi connectivity index (χ1n) is 26.9. The van der Waals surface area contributed by atoms with E-state index in [1.54, 1.807) is 16.2 Å². The normalized spacial score (nSPS) is 21.5. The molecular formula is C57H72N12O8S. The van der Waals surface area contributed by atoms with E-state index in [0.29, 0.717) is 52.2 Å². The van der Waals surface area contributed by atoms with Gasteiger partial charge in [0.15, 0.2) is 0 Å². The lowest BCUT2D eigenvalue weighted by atomic mass is 9.85. The zero-order valence-electron chi connectivity index (χ0n) is 45.4. The predicted molar refractivity (Wildman–Crippen MR) is 297 cm³/mol. The molecule has 5 aromatic rings. The number of hydrogen-bond acceptors (Lipinski definition) is 16. The number of carbonyl (C=O) groups excluding carboxylic acids is 4. The second kappa shape index (κ2) is 24.4. The Bertz CT molecular complexity index is 2990. The third-order valence-corrected chi connectivity index (χ3v) is 16.4. The van der Waals surface area contributed by atoms with E-state index in [0.717, 1.165) is 61.8 Å². The van der Waals surface area contributed by atoms with Crippen LogP contribution in [0.2, 0.25) is 0 Å². The fraction of sp³-hybridized carbons (Fsp3) is 0.509. The molecule has 6 heterocycles. The number of nitrogens with two attached hydrogens (primary N) is 1. The molecule has 5 N–H and O–H groups in total. The van der Waals surface area contributed by atoms with Gasteiger partial charge in [0.25, 0.3) is 0 Å². The topological polar surface area (TPSA) is 245 Å². The van der Waals surface area contributed by atoms with E-state index in [4.69, 9.17) is 29.9 Å². The van der Waals surface area contributed by atoms with Crippen molar-refractivity contribution in [2.75, 3.05) is 82.5 Å². The number of benzene rings is 3. The number of rotatable bonds is 18. The molecule has 0 aliphatic carbocycles. The van der Waals surface area contributed by atoms with Crippen LogP contribution in [0, 0.1) is 23.7 Å². The fourth-order valence-corrected chi connectivity index (χ4v) is 12.0. The second-order valence-corrected chi connectivity index (χ2v) is 22.8. The molecule has 4 aliphatic heterocycles. The van der Waals surface area contributed by atoms with Gasteiger partial charge in [-0.1, -0.05) is 81.4 Å². The Balaban J connectivity index is 0.765. The summed E-state index contributed by atoms with van der Waals surface area (Å²) in [6.45, 7) is 12.9. The summed E-state index contributed by atoms with van der Waals surface area (Å²) in [5, 5.41) is 28.6. The van der Waals surface area contributed by atoms with Crippen molar-refractivity contribution in [1.29, 1.82) is 5.26 Å². The van der Waals surface area contributed by atoms with E-state index >= 15 is 0 Å². The van der Waals surface area contributed by atoms with Crippen LogP contribution in [0.4, 0.5) is 16.3 Å². The van der Waals surface area contributed by atoms with E-state index in [2.05, 4.69) is 72.8 Å². The van der Waals surface area contributed by atoms with Crippen molar-refractivity contribution in [2.45, 2.75) is 109 Å². The number of urea groups is 1. The third kappa shape index (κ3) is 12.8. The number of ether oxygens (including phenoxy) is 3. The van der Waals surface area contributed by atoms with Crippen LogP contribution >= 0.6 is 11.3 Å². The number of likely N-dealkylation sites (tertiary alicyclic amines) is 2. The van der Waals surface area contributed by atoms with Gasteiger partial charge in [-0.05, 0) is 61.7 Å². The number of likely N-dealkylation sites (N-methyl/N-ethyl adjacent to an activating group) is 1. The van der Waals surface area contributed by atoms with Gasteiger partial charge >= 0.3 is 12.0 Å². The minimum Gasteiger partial charge on any atom is -0.462 e. The Morgan fingerprint density at radius 3 is 2.45 bits per heavy atom. The molecule has 3 fully saturated rings. The van der Waals surface area contributed by atoms with Crippen LogP contribution in [0.15, 0.2) is 72.2 Å². The van der Waals surface area contributed by atoms with Gasteiger partial charge in [0.2, 0.25) is 17.7 Å². The van der Waals surface area contributed by atoms with Crippen LogP contribution in [0.25, 0.3) is 21.2 Å². The van der Waals surface area contributed by atoms with Crippen LogP contribution in [0.1, 0.15) is 75.5 Å². The molecule has 0 radical (unpaired) electrons. The molecular weight excluding hydrogens is 1010 g/mol. The lowest BCUT2D eigenvalue weighted by Crippen LogP contribution is -2.58. The summed E-state index contributed by atoms with van der Waals surface area (Å²) in [5.74, 6) is -0.574. The van der Waals surface area contributed by atoms with Gasteiger partial charge in [-0.3, -0.25) is 19.3 Å². The highest BCUT2D eigenvalue weighted by Crippen LogP contribution is 2.36. The zero-order chi connectivity index (χ0) is 55.3. The molecule has 78 heavy (non-hydrogen) atoms. The minimum atomic E-state index is -0.998. The molecule has 9 rings (SSSR count). The van der Waals surface area contributed by atoms with E-state index in [1.165, 1.54) is 4.90 Å². The summed E-state index contributed by atoms with van der Waals surface area (Å²) >= 11 is 1.57. The number of nitriles is 1. The summed E-state index contributed by atoms with van der Waals surface area (Å²) in [6, 6.07) is 21.9. The highest BCUT2D eigenvalue weighted by atomic mass is 32.1. The molecule has 7 atom stereocenters. The number of aliphatic hydroxyl groups excluding tert-OH is 1. The molecule has 20 nitrogen and oxygen atoms in total. The van der Waals surface area contributed by atoms with Crippen molar-refractivity contribution in [3.8, 4) is 22.5 Å². The van der Waals surface area contributed by atoms with E-state index in [1.807, 2.05) is 77.5 Å². The summed E-state index contributed by atoms with van der Waals surface area (Å²) in [5.41, 5.74) is 12.7. The summed E-state index contributed by atoms with van der Waals surface area (Å²) in [7, 11) is 2.02. The van der Waals surface area contributed by atoms with Gasteiger partial charge in [-0.2, -0.15) is 15.2 Å². The summed E-state index contributed by atoms with van der Waals surface area (Å²) in [4.78, 5) is 78.8. The Morgan fingerprint density at radius 2 is 1.71 bits per heavy atom. The molecule has 3 aromatic carbocycles. The molecule has 0 saturated carbocycles. The van der Waals surface area contributed by atoms with Crippen molar-refractivity contribution in [3.05, 3.63) is 94.8 Å². The van der Waals surface area contributed by atoms with Crippen LogP contribution < -0.4 is 30.9 Å². The Kier molecular flexibility index (Phi) is 17.4. The standard InChI is InChI=1S/C57H72N12O8S/c1-35(37-14-16-39(17-15-37)50-36(2)60-34-78-50)61-53(72)48-27-42(70)29-69(48)54(73)51(57(3,4)5)63-49(71)33-75-24-25-76-43-26-41(65(6)30-43)32-77-56-62-46-31-66(47-13-9-11-38-10-7-8-12-44(38)47)21-19-45(46)52(64-56)67-22-23-68(55(59)74)40(28-67)18-20-58/h7-17,34-35,40-43,48,51,70H,18-19,21-33H2,1-6H3,(H2,59,74)(H,61,72)(H,63,71)/t35-,40-,41-,42+,43+,48-,51+/m0/s1. The van der Waals surface area contributed by atoms with Gasteiger partial charge < -0.3 is 55.3 Å². The highest BCUT2D eigenvalue weighted by molar-refractivity contribution is 7.13.